The molecule has 0 saturated heterocycles. The predicted octanol–water partition coefficient (Wildman–Crippen LogP) is 2.86. The SMILES string of the molecule is Cc1cnccc1-c1ccc(CO)cc1C. The summed E-state index contributed by atoms with van der Waals surface area (Å²) in [4.78, 5) is 4.09. The number of rotatable bonds is 2. The first kappa shape index (κ1) is 10.8. The molecule has 0 spiro atoms. The van der Waals surface area contributed by atoms with Crippen LogP contribution in [0.5, 0.6) is 0 Å². The summed E-state index contributed by atoms with van der Waals surface area (Å²) in [7, 11) is 0. The summed E-state index contributed by atoms with van der Waals surface area (Å²) in [5.74, 6) is 0. The summed E-state index contributed by atoms with van der Waals surface area (Å²) in [6, 6.07) is 8.07. The minimum atomic E-state index is 0.0937. The maximum absolute atomic E-state index is 9.07. The average Bonchev–Trinajstić information content (AvgIpc) is 2.30. The summed E-state index contributed by atoms with van der Waals surface area (Å²) in [5.41, 5.74) is 5.71. The van der Waals surface area contributed by atoms with E-state index in [-0.39, 0.29) is 6.61 Å². The molecule has 82 valence electrons. The van der Waals surface area contributed by atoms with E-state index in [0.29, 0.717) is 0 Å². The van der Waals surface area contributed by atoms with Crippen LogP contribution in [0.2, 0.25) is 0 Å². The minimum absolute atomic E-state index is 0.0937. The highest BCUT2D eigenvalue weighted by molar-refractivity contribution is 5.70. The Kier molecular flexibility index (Phi) is 3.02. The van der Waals surface area contributed by atoms with Crippen LogP contribution < -0.4 is 0 Å². The number of aliphatic hydroxyl groups is 1. The highest BCUT2D eigenvalue weighted by atomic mass is 16.3. The van der Waals surface area contributed by atoms with Crippen LogP contribution >= 0.6 is 0 Å². The fraction of sp³-hybridized carbons (Fsp3) is 0.214. The van der Waals surface area contributed by atoms with Gasteiger partial charge in [0.15, 0.2) is 0 Å². The van der Waals surface area contributed by atoms with Crippen LogP contribution in [0.25, 0.3) is 11.1 Å². The second-order valence-electron chi connectivity index (χ2n) is 4.00. The predicted molar refractivity (Wildman–Crippen MR) is 65.1 cm³/mol. The van der Waals surface area contributed by atoms with Crippen LogP contribution in [0.4, 0.5) is 0 Å². The summed E-state index contributed by atoms with van der Waals surface area (Å²) >= 11 is 0. The molecule has 1 heterocycles. The molecule has 1 aromatic heterocycles. The van der Waals surface area contributed by atoms with Gasteiger partial charge in [0.1, 0.15) is 0 Å². The molecule has 0 aliphatic rings. The number of aromatic nitrogens is 1. The third-order valence-corrected chi connectivity index (χ3v) is 2.78. The first-order chi connectivity index (χ1) is 7.72. The number of nitrogens with zero attached hydrogens (tertiary/aromatic N) is 1. The Hall–Kier alpha value is -1.67. The third-order valence-electron chi connectivity index (χ3n) is 2.78. The van der Waals surface area contributed by atoms with E-state index in [0.717, 1.165) is 5.56 Å². The number of aliphatic hydroxyl groups excluding tert-OH is 1. The van der Waals surface area contributed by atoms with Gasteiger partial charge in [-0.25, -0.2) is 0 Å². The lowest BCUT2D eigenvalue weighted by atomic mass is 9.97. The van der Waals surface area contributed by atoms with E-state index in [1.807, 2.05) is 30.6 Å². The fourth-order valence-electron chi connectivity index (χ4n) is 1.90. The molecule has 0 fully saturated rings. The maximum Gasteiger partial charge on any atom is 0.0681 e. The quantitative estimate of drug-likeness (QED) is 0.832. The number of hydrogen-bond acceptors (Lipinski definition) is 2. The first-order valence-corrected chi connectivity index (χ1v) is 5.33. The zero-order valence-corrected chi connectivity index (χ0v) is 9.57. The van der Waals surface area contributed by atoms with Crippen molar-refractivity contribution in [3.8, 4) is 11.1 Å². The Labute approximate surface area is 95.6 Å². The molecular formula is C14H15NO. The van der Waals surface area contributed by atoms with Crippen LogP contribution in [0, 0.1) is 13.8 Å². The topological polar surface area (TPSA) is 33.1 Å². The zero-order chi connectivity index (χ0) is 11.5. The van der Waals surface area contributed by atoms with Gasteiger partial charge < -0.3 is 5.11 Å². The minimum Gasteiger partial charge on any atom is -0.392 e. The van der Waals surface area contributed by atoms with Crippen LogP contribution in [-0.2, 0) is 6.61 Å². The molecule has 0 unspecified atom stereocenters. The van der Waals surface area contributed by atoms with E-state index in [2.05, 4.69) is 24.9 Å². The van der Waals surface area contributed by atoms with Gasteiger partial charge in [-0.05, 0) is 47.7 Å². The van der Waals surface area contributed by atoms with Gasteiger partial charge in [0.2, 0.25) is 0 Å². The second-order valence-corrected chi connectivity index (χ2v) is 4.00. The van der Waals surface area contributed by atoms with Crippen molar-refractivity contribution in [3.63, 3.8) is 0 Å². The Morgan fingerprint density at radius 2 is 1.81 bits per heavy atom. The standard InChI is InChI=1S/C14H15NO/c1-10-7-12(9-16)3-4-13(10)14-5-6-15-8-11(14)2/h3-8,16H,9H2,1-2H3. The second kappa shape index (κ2) is 4.45. The van der Waals surface area contributed by atoms with Crippen molar-refractivity contribution in [2.75, 3.05) is 0 Å². The highest BCUT2D eigenvalue weighted by Gasteiger charge is 2.05. The van der Waals surface area contributed by atoms with Gasteiger partial charge in [-0.2, -0.15) is 0 Å². The summed E-state index contributed by atoms with van der Waals surface area (Å²) < 4.78 is 0. The Morgan fingerprint density at radius 3 is 2.44 bits per heavy atom. The molecule has 0 aliphatic carbocycles. The number of benzene rings is 1. The number of hydrogen-bond donors (Lipinski definition) is 1. The third kappa shape index (κ3) is 1.97. The van der Waals surface area contributed by atoms with Gasteiger partial charge in [0, 0.05) is 12.4 Å². The van der Waals surface area contributed by atoms with Crippen LogP contribution in [0.1, 0.15) is 16.7 Å². The molecule has 2 aromatic rings. The highest BCUT2D eigenvalue weighted by Crippen LogP contribution is 2.26. The van der Waals surface area contributed by atoms with E-state index < -0.39 is 0 Å². The molecule has 2 nitrogen and oxygen atoms in total. The molecule has 0 bridgehead atoms. The zero-order valence-electron chi connectivity index (χ0n) is 9.57. The largest absolute Gasteiger partial charge is 0.392 e. The lowest BCUT2D eigenvalue weighted by molar-refractivity contribution is 0.282. The number of pyridine rings is 1. The molecule has 0 radical (unpaired) electrons. The van der Waals surface area contributed by atoms with Gasteiger partial charge in [-0.3, -0.25) is 4.98 Å². The molecule has 0 saturated carbocycles. The molecule has 0 aliphatic heterocycles. The molecule has 2 heteroatoms. The van der Waals surface area contributed by atoms with E-state index >= 15 is 0 Å². The van der Waals surface area contributed by atoms with Crippen LogP contribution in [0.15, 0.2) is 36.7 Å². The maximum atomic E-state index is 9.07. The Balaban J connectivity index is 2.53. The van der Waals surface area contributed by atoms with Crippen molar-refractivity contribution in [2.45, 2.75) is 20.5 Å². The lowest BCUT2D eigenvalue weighted by Crippen LogP contribution is -1.90. The monoisotopic (exact) mass is 213 g/mol. The lowest BCUT2D eigenvalue weighted by Gasteiger charge is -2.09. The molecule has 16 heavy (non-hydrogen) atoms. The van der Waals surface area contributed by atoms with Gasteiger partial charge in [-0.15, -0.1) is 0 Å². The Morgan fingerprint density at radius 1 is 1.06 bits per heavy atom. The summed E-state index contributed by atoms with van der Waals surface area (Å²) in [6.45, 7) is 4.21. The average molecular weight is 213 g/mol. The van der Waals surface area contributed by atoms with Crippen molar-refractivity contribution in [1.82, 2.24) is 4.98 Å². The van der Waals surface area contributed by atoms with Crippen molar-refractivity contribution in [2.24, 2.45) is 0 Å². The smallest absolute Gasteiger partial charge is 0.0681 e. The fourth-order valence-corrected chi connectivity index (χ4v) is 1.90. The molecule has 0 atom stereocenters. The van der Waals surface area contributed by atoms with E-state index in [1.165, 1.54) is 22.3 Å². The van der Waals surface area contributed by atoms with Crippen LogP contribution in [-0.4, -0.2) is 10.1 Å². The molecule has 2 rings (SSSR count). The van der Waals surface area contributed by atoms with Gasteiger partial charge in [0.05, 0.1) is 6.61 Å². The first-order valence-electron chi connectivity index (χ1n) is 5.33. The van der Waals surface area contributed by atoms with E-state index in [1.54, 1.807) is 0 Å². The molecule has 0 amide bonds. The van der Waals surface area contributed by atoms with Gasteiger partial charge in [0.25, 0.3) is 0 Å². The van der Waals surface area contributed by atoms with Crippen LogP contribution in [0.3, 0.4) is 0 Å². The molecule has 1 aromatic carbocycles. The Bertz CT molecular complexity index is 506. The summed E-state index contributed by atoms with van der Waals surface area (Å²) in [5, 5.41) is 9.07. The normalized spacial score (nSPS) is 10.4. The van der Waals surface area contributed by atoms with Gasteiger partial charge >= 0.3 is 0 Å². The van der Waals surface area contributed by atoms with Crippen molar-refractivity contribution >= 4 is 0 Å². The number of aryl methyl sites for hydroxylation is 2. The van der Waals surface area contributed by atoms with Crippen molar-refractivity contribution < 1.29 is 5.11 Å². The van der Waals surface area contributed by atoms with Gasteiger partial charge in [-0.1, -0.05) is 18.2 Å². The van der Waals surface area contributed by atoms with Crippen molar-refractivity contribution in [3.05, 3.63) is 53.3 Å². The van der Waals surface area contributed by atoms with Crippen molar-refractivity contribution in [1.29, 1.82) is 0 Å². The molecule has 1 N–H and O–H groups in total. The molecular weight excluding hydrogens is 198 g/mol. The van der Waals surface area contributed by atoms with E-state index in [9.17, 15) is 0 Å². The van der Waals surface area contributed by atoms with E-state index in [4.69, 9.17) is 5.11 Å². The summed E-state index contributed by atoms with van der Waals surface area (Å²) in [6.07, 6.45) is 3.68.